The van der Waals surface area contributed by atoms with E-state index in [1.54, 1.807) is 16.7 Å². The van der Waals surface area contributed by atoms with Crippen LogP contribution >= 0.6 is 0 Å². The summed E-state index contributed by atoms with van der Waals surface area (Å²) in [7, 11) is 0. The van der Waals surface area contributed by atoms with Crippen molar-refractivity contribution in [2.24, 2.45) is 5.41 Å². The van der Waals surface area contributed by atoms with Crippen LogP contribution in [0, 0.1) is 54.9 Å². The van der Waals surface area contributed by atoms with Gasteiger partial charge in [-0.05, 0) is 18.3 Å². The Hall–Kier alpha value is -0.950. The van der Waals surface area contributed by atoms with E-state index >= 15 is 0 Å². The zero-order chi connectivity index (χ0) is 21.3. The Labute approximate surface area is 218 Å². The zero-order valence-corrected chi connectivity index (χ0v) is 26.1. The van der Waals surface area contributed by atoms with Gasteiger partial charge in [0.15, 0.2) is 0 Å². The summed E-state index contributed by atoms with van der Waals surface area (Å²) >= 11 is 0. The predicted molar refractivity (Wildman–Crippen MR) is 143 cm³/mol. The molecule has 0 saturated heterocycles. The Balaban J connectivity index is 0.000000642. The maximum atomic E-state index is 2.49. The molecule has 0 aromatic heterocycles. The number of hydrogen-bond acceptors (Lipinski definition) is 0. The summed E-state index contributed by atoms with van der Waals surface area (Å²) in [5.41, 5.74) is 12.5. The Morgan fingerprint density at radius 1 is 0.875 bits per heavy atom. The van der Waals surface area contributed by atoms with Crippen LogP contribution in [0.5, 0.6) is 0 Å². The number of unbranched alkanes of at least 4 members (excludes halogenated alkanes) is 2. The SMILES string of the molecule is CCCCC[c-]1ccc2cc3c(cc21)CC(C)(C)C3.Cc1c(C)c(C)[c-](C)c1C.[CH3-].[CH3-].[Hf+4]. The van der Waals surface area contributed by atoms with Crippen LogP contribution in [0.15, 0.2) is 24.3 Å². The average Bonchev–Trinajstić information content (AvgIpc) is 3.25. The number of benzene rings is 1. The zero-order valence-electron chi connectivity index (χ0n) is 22.6. The van der Waals surface area contributed by atoms with Gasteiger partial charge >= 0.3 is 25.8 Å². The third-order valence-electron chi connectivity index (χ3n) is 7.38. The summed E-state index contributed by atoms with van der Waals surface area (Å²) in [5.74, 6) is 0. The minimum absolute atomic E-state index is 0. The topological polar surface area (TPSA) is 0 Å². The number of hydrogen-bond donors (Lipinski definition) is 0. The number of rotatable bonds is 4. The molecule has 0 unspecified atom stereocenters. The molecule has 0 fully saturated rings. The van der Waals surface area contributed by atoms with Crippen molar-refractivity contribution in [3.05, 3.63) is 83.6 Å². The minimum atomic E-state index is 0. The van der Waals surface area contributed by atoms with Gasteiger partial charge in [0.2, 0.25) is 0 Å². The second kappa shape index (κ2) is 12.5. The molecule has 174 valence electrons. The van der Waals surface area contributed by atoms with Gasteiger partial charge in [-0.2, -0.15) is 33.9 Å². The molecule has 0 nitrogen and oxygen atoms in total. The summed E-state index contributed by atoms with van der Waals surface area (Å²) in [6.45, 7) is 18.0. The molecule has 1 aliphatic carbocycles. The largest absolute Gasteiger partial charge is 4.00 e. The molecule has 3 aromatic rings. The molecule has 0 amide bonds. The van der Waals surface area contributed by atoms with Gasteiger partial charge in [-0.1, -0.05) is 92.2 Å². The maximum absolute atomic E-state index is 2.49. The van der Waals surface area contributed by atoms with E-state index in [1.807, 2.05) is 0 Å². The Morgan fingerprint density at radius 3 is 1.88 bits per heavy atom. The van der Waals surface area contributed by atoms with Gasteiger partial charge in [-0.15, -0.1) is 34.5 Å². The molecule has 1 aliphatic rings. The summed E-state index contributed by atoms with van der Waals surface area (Å²) in [6, 6.07) is 9.60. The van der Waals surface area contributed by atoms with Crippen LogP contribution in [-0.2, 0) is 45.1 Å². The third-order valence-corrected chi connectivity index (χ3v) is 7.38. The quantitative estimate of drug-likeness (QED) is 0.160. The average molecular weight is 597 g/mol. The van der Waals surface area contributed by atoms with Gasteiger partial charge in [-0.3, -0.25) is 0 Å². The molecule has 4 rings (SSSR count). The smallest absolute Gasteiger partial charge is 0.358 e. The first-order chi connectivity index (χ1) is 13.6. The maximum Gasteiger partial charge on any atom is 4.00 e. The normalized spacial score (nSPS) is 13.4. The fraction of sp³-hybridized carbons (Fsp3) is 0.484. The van der Waals surface area contributed by atoms with Gasteiger partial charge < -0.3 is 14.9 Å². The first-order valence-corrected chi connectivity index (χ1v) is 11.5. The van der Waals surface area contributed by atoms with Crippen LogP contribution in [0.1, 0.15) is 84.5 Å². The van der Waals surface area contributed by atoms with Crippen molar-refractivity contribution in [1.82, 2.24) is 0 Å². The fourth-order valence-corrected chi connectivity index (χ4v) is 5.02. The summed E-state index contributed by atoms with van der Waals surface area (Å²) < 4.78 is 0. The van der Waals surface area contributed by atoms with Gasteiger partial charge in [0.1, 0.15) is 0 Å². The molecule has 0 N–H and O–H groups in total. The summed E-state index contributed by atoms with van der Waals surface area (Å²) in [4.78, 5) is 0. The van der Waals surface area contributed by atoms with Crippen molar-refractivity contribution in [3.63, 3.8) is 0 Å². The molecule has 0 aliphatic heterocycles. The molecular weight excluding hydrogens is 551 g/mol. The Morgan fingerprint density at radius 2 is 1.41 bits per heavy atom. The minimum Gasteiger partial charge on any atom is -0.358 e. The second-order valence-corrected chi connectivity index (χ2v) is 10.2. The van der Waals surface area contributed by atoms with Crippen molar-refractivity contribution in [3.8, 4) is 0 Å². The summed E-state index contributed by atoms with van der Waals surface area (Å²) in [6.07, 6.45) is 7.73. The standard InChI is InChI=1S/C19H25.C10H15.2CH3.Hf/c1-4-5-6-7-14-8-9-15-10-16-12-19(2,3)13-17(16)11-18(14)15;1-6-7(2)9(4)10(5)8(6)3;;;/h8-11H,4-7,12-13H2,1-3H3;1-5H3;2*1H3;/q4*-1;+4. The van der Waals surface area contributed by atoms with E-state index in [-0.39, 0.29) is 40.7 Å². The van der Waals surface area contributed by atoms with Crippen molar-refractivity contribution in [2.75, 3.05) is 0 Å². The van der Waals surface area contributed by atoms with Crippen molar-refractivity contribution < 1.29 is 25.8 Å². The molecule has 0 saturated carbocycles. The molecular formula is C31H46Hf. The molecule has 1 heteroatoms. The Kier molecular flexibility index (Phi) is 12.1. The molecule has 0 heterocycles. The van der Waals surface area contributed by atoms with Gasteiger partial charge in [0.25, 0.3) is 0 Å². The van der Waals surface area contributed by atoms with Crippen LogP contribution < -0.4 is 0 Å². The van der Waals surface area contributed by atoms with E-state index in [9.17, 15) is 0 Å². The van der Waals surface area contributed by atoms with Crippen molar-refractivity contribution in [1.29, 1.82) is 0 Å². The van der Waals surface area contributed by atoms with Crippen LogP contribution in [0.4, 0.5) is 0 Å². The monoisotopic (exact) mass is 598 g/mol. The molecule has 0 bridgehead atoms. The summed E-state index contributed by atoms with van der Waals surface area (Å²) in [5, 5.41) is 2.98. The van der Waals surface area contributed by atoms with E-state index in [1.165, 1.54) is 77.1 Å². The molecule has 3 aromatic carbocycles. The van der Waals surface area contributed by atoms with Gasteiger partial charge in [0, 0.05) is 0 Å². The first-order valence-electron chi connectivity index (χ1n) is 11.5. The van der Waals surface area contributed by atoms with Crippen LogP contribution in [0.25, 0.3) is 10.8 Å². The van der Waals surface area contributed by atoms with E-state index in [2.05, 4.69) is 79.7 Å². The molecule has 0 spiro atoms. The van der Waals surface area contributed by atoms with Crippen molar-refractivity contribution in [2.45, 2.75) is 93.9 Å². The van der Waals surface area contributed by atoms with E-state index in [4.69, 9.17) is 0 Å². The Bertz CT molecular complexity index is 913. The fourth-order valence-electron chi connectivity index (χ4n) is 5.02. The van der Waals surface area contributed by atoms with Gasteiger partial charge in [0.05, 0.1) is 0 Å². The number of fused-ring (bicyclic) bond motifs is 2. The van der Waals surface area contributed by atoms with Crippen molar-refractivity contribution >= 4 is 10.8 Å². The first kappa shape index (κ1) is 31.1. The second-order valence-electron chi connectivity index (χ2n) is 10.2. The van der Waals surface area contributed by atoms with E-state index in [0.29, 0.717) is 5.41 Å². The third kappa shape index (κ3) is 6.56. The van der Waals surface area contributed by atoms with Crippen LogP contribution in [-0.4, -0.2) is 0 Å². The molecule has 0 radical (unpaired) electrons. The predicted octanol–water partition coefficient (Wildman–Crippen LogP) is 9.26. The molecule has 32 heavy (non-hydrogen) atoms. The van der Waals surface area contributed by atoms with E-state index < -0.39 is 0 Å². The molecule has 0 atom stereocenters. The van der Waals surface area contributed by atoms with Gasteiger partial charge in [-0.25, -0.2) is 0 Å². The van der Waals surface area contributed by atoms with Crippen LogP contribution in [0.2, 0.25) is 0 Å². The van der Waals surface area contributed by atoms with Crippen LogP contribution in [0.3, 0.4) is 0 Å². The number of aryl methyl sites for hydroxylation is 1. The van der Waals surface area contributed by atoms with E-state index in [0.717, 1.165) is 0 Å².